The van der Waals surface area contributed by atoms with E-state index in [1.165, 1.54) is 17.1 Å². The van der Waals surface area contributed by atoms with Crippen molar-refractivity contribution in [2.75, 3.05) is 32.7 Å². The minimum atomic E-state index is -4.42. The molecule has 1 aromatic carbocycles. The molecule has 0 aromatic heterocycles. The number of alkyl halides is 3. The van der Waals surface area contributed by atoms with Crippen molar-refractivity contribution in [2.45, 2.75) is 58.9 Å². The van der Waals surface area contributed by atoms with Gasteiger partial charge in [0.15, 0.2) is 0 Å². The summed E-state index contributed by atoms with van der Waals surface area (Å²) in [5, 5.41) is 1.54. The number of nitrogens with zero attached hydrogens (tertiary/aromatic N) is 3. The van der Waals surface area contributed by atoms with E-state index in [0.717, 1.165) is 12.1 Å². The highest BCUT2D eigenvalue weighted by Crippen LogP contribution is 2.33. The number of ether oxygens (including phenoxy) is 1. The van der Waals surface area contributed by atoms with Crippen LogP contribution < -0.4 is 5.43 Å². The van der Waals surface area contributed by atoms with Crippen molar-refractivity contribution in [3.63, 3.8) is 0 Å². The lowest BCUT2D eigenvalue weighted by Gasteiger charge is -2.48. The Morgan fingerprint density at radius 2 is 1.66 bits per heavy atom. The molecule has 194 valence electrons. The zero-order valence-corrected chi connectivity index (χ0v) is 21.2. The van der Waals surface area contributed by atoms with Gasteiger partial charge in [-0.25, -0.2) is 4.79 Å². The Hall–Kier alpha value is -2.75. The van der Waals surface area contributed by atoms with Crippen LogP contribution in [-0.2, 0) is 15.7 Å². The van der Waals surface area contributed by atoms with Gasteiger partial charge >= 0.3 is 12.3 Å². The molecule has 0 radical (unpaired) electrons. The molecule has 0 saturated carbocycles. The van der Waals surface area contributed by atoms with Crippen LogP contribution in [0.4, 0.5) is 18.0 Å². The van der Waals surface area contributed by atoms with E-state index in [-0.39, 0.29) is 17.9 Å². The summed E-state index contributed by atoms with van der Waals surface area (Å²) < 4.78 is 44.6. The van der Waals surface area contributed by atoms with Crippen LogP contribution in [-0.4, -0.2) is 70.7 Å². The first-order valence-corrected chi connectivity index (χ1v) is 11.8. The molecule has 2 aliphatic heterocycles. The van der Waals surface area contributed by atoms with Crippen LogP contribution in [0.5, 0.6) is 0 Å². The van der Waals surface area contributed by atoms with Crippen LogP contribution in [0.25, 0.3) is 5.70 Å². The number of hydrogen-bond acceptors (Lipinski definition) is 5. The third-order valence-electron chi connectivity index (χ3n) is 6.02. The fourth-order valence-corrected chi connectivity index (χ4v) is 4.23. The zero-order chi connectivity index (χ0) is 26.2. The lowest BCUT2D eigenvalue weighted by molar-refractivity contribution is -0.145. The van der Waals surface area contributed by atoms with Gasteiger partial charge in [-0.15, -0.1) is 0 Å². The fraction of sp³-hybridized carbons (Fsp3) is 0.600. The van der Waals surface area contributed by atoms with Crippen LogP contribution >= 0.6 is 0 Å². The molecular formula is C25H35F3N4O3. The summed E-state index contributed by atoms with van der Waals surface area (Å²) in [5.74, 6) is 0.0271. The molecule has 0 spiro atoms. The van der Waals surface area contributed by atoms with Gasteiger partial charge in [-0.2, -0.15) is 13.2 Å². The second kappa shape index (κ2) is 9.72. The molecule has 2 heterocycles. The van der Waals surface area contributed by atoms with Gasteiger partial charge in [0.25, 0.3) is 5.91 Å². The molecule has 0 bridgehead atoms. The molecule has 1 atom stereocenters. The fourth-order valence-electron chi connectivity index (χ4n) is 4.23. The Kier molecular flexibility index (Phi) is 7.45. The van der Waals surface area contributed by atoms with Gasteiger partial charge in [-0.05, 0) is 57.4 Å². The number of carbonyl (C=O) groups is 2. The van der Waals surface area contributed by atoms with E-state index in [1.807, 2.05) is 46.4 Å². The van der Waals surface area contributed by atoms with E-state index >= 15 is 0 Å². The Labute approximate surface area is 204 Å². The quantitative estimate of drug-likeness (QED) is 0.671. The van der Waals surface area contributed by atoms with E-state index in [9.17, 15) is 22.8 Å². The van der Waals surface area contributed by atoms with E-state index in [2.05, 4.69) is 5.43 Å². The number of nitrogens with one attached hydrogen (secondary N) is 1. The summed E-state index contributed by atoms with van der Waals surface area (Å²) in [4.78, 5) is 29.7. The number of amides is 2. The second-order valence-electron chi connectivity index (χ2n) is 10.7. The van der Waals surface area contributed by atoms with Crippen LogP contribution in [0.3, 0.4) is 0 Å². The number of carbonyl (C=O) groups excluding carboxylic acids is 2. The molecule has 35 heavy (non-hydrogen) atoms. The predicted molar refractivity (Wildman–Crippen MR) is 127 cm³/mol. The summed E-state index contributed by atoms with van der Waals surface area (Å²) in [6, 6.07) is 4.90. The average Bonchev–Trinajstić information content (AvgIpc) is 2.75. The summed E-state index contributed by atoms with van der Waals surface area (Å²) >= 11 is 0. The van der Waals surface area contributed by atoms with E-state index < -0.39 is 22.9 Å². The minimum absolute atomic E-state index is 0.146. The van der Waals surface area contributed by atoms with Gasteiger partial charge in [0.05, 0.1) is 11.3 Å². The molecule has 0 aliphatic carbocycles. The molecule has 1 aromatic rings. The zero-order valence-electron chi connectivity index (χ0n) is 21.2. The maximum absolute atomic E-state index is 13.6. The lowest BCUT2D eigenvalue weighted by atomic mass is 9.91. The molecule has 3 rings (SSSR count). The molecule has 2 amide bonds. The Morgan fingerprint density at radius 3 is 2.14 bits per heavy atom. The molecule has 7 nitrogen and oxygen atoms in total. The Balaban J connectivity index is 1.86. The van der Waals surface area contributed by atoms with Gasteiger partial charge in [0.2, 0.25) is 0 Å². The topological polar surface area (TPSA) is 65.1 Å². The smallest absolute Gasteiger partial charge is 0.416 e. The maximum Gasteiger partial charge on any atom is 0.416 e. The first kappa shape index (κ1) is 26.8. The van der Waals surface area contributed by atoms with Crippen molar-refractivity contribution in [1.29, 1.82) is 0 Å². The van der Waals surface area contributed by atoms with Crippen LogP contribution in [0.15, 0.2) is 30.3 Å². The monoisotopic (exact) mass is 496 g/mol. The number of hydrazine groups is 1. The highest BCUT2D eigenvalue weighted by atomic mass is 19.4. The number of rotatable bonds is 4. The number of benzene rings is 1. The third kappa shape index (κ3) is 6.28. The van der Waals surface area contributed by atoms with Crippen molar-refractivity contribution in [3.05, 3.63) is 41.5 Å². The first-order valence-electron chi connectivity index (χ1n) is 11.8. The Bertz CT molecular complexity index is 962. The molecule has 1 fully saturated rings. The lowest BCUT2D eigenvalue weighted by Crippen LogP contribution is -2.66. The van der Waals surface area contributed by atoms with Crippen molar-refractivity contribution >= 4 is 17.7 Å². The summed E-state index contributed by atoms with van der Waals surface area (Å²) in [7, 11) is 0. The highest BCUT2D eigenvalue weighted by Gasteiger charge is 2.45. The number of hydrogen-bond donors (Lipinski definition) is 1. The molecule has 1 saturated heterocycles. The highest BCUT2D eigenvalue weighted by molar-refractivity contribution is 5.93. The number of piperazine rings is 1. The molecule has 10 heteroatoms. The predicted octanol–water partition coefficient (Wildman–Crippen LogP) is 4.36. The van der Waals surface area contributed by atoms with Gasteiger partial charge in [0, 0.05) is 32.7 Å². The standard InChI is InChI=1S/C25H35F3N4O3/c1-17(2)16-32-21(33)24(6,31-13-11-30(12-14-31)22(34)35-23(3,4)5)15-20(29-32)18-7-9-19(10-8-18)25(26,27)28/h7-10,15,17,29H,11-14,16H2,1-6H3. The normalized spacial score (nSPS) is 22.2. The van der Waals surface area contributed by atoms with Gasteiger partial charge in [-0.3, -0.25) is 20.1 Å². The van der Waals surface area contributed by atoms with Gasteiger partial charge in [-0.1, -0.05) is 26.0 Å². The minimum Gasteiger partial charge on any atom is -0.444 e. The largest absolute Gasteiger partial charge is 0.444 e. The van der Waals surface area contributed by atoms with Crippen molar-refractivity contribution < 1.29 is 27.5 Å². The average molecular weight is 497 g/mol. The van der Waals surface area contributed by atoms with Gasteiger partial charge < -0.3 is 9.64 Å². The second-order valence-corrected chi connectivity index (χ2v) is 10.7. The molecular weight excluding hydrogens is 461 g/mol. The molecule has 1 unspecified atom stereocenters. The SMILES string of the molecule is CC(C)CN1NC(c2ccc(C(F)(F)F)cc2)=CC(C)(N2CCN(C(=O)OC(C)(C)C)CC2)C1=O. The third-order valence-corrected chi connectivity index (χ3v) is 6.02. The number of halogens is 3. The van der Waals surface area contributed by atoms with E-state index in [4.69, 9.17) is 4.74 Å². The van der Waals surface area contributed by atoms with Crippen LogP contribution in [0.2, 0.25) is 0 Å². The summed E-state index contributed by atoms with van der Waals surface area (Å²) in [6.07, 6.45) is -3.03. The van der Waals surface area contributed by atoms with Crippen molar-refractivity contribution in [2.24, 2.45) is 5.92 Å². The van der Waals surface area contributed by atoms with Crippen molar-refractivity contribution in [3.8, 4) is 0 Å². The first-order chi connectivity index (χ1) is 16.1. The summed E-state index contributed by atoms with van der Waals surface area (Å²) in [5.41, 5.74) is 1.87. The molecule has 2 aliphatic rings. The van der Waals surface area contributed by atoms with E-state index in [1.54, 1.807) is 11.0 Å². The van der Waals surface area contributed by atoms with Crippen molar-refractivity contribution in [1.82, 2.24) is 20.2 Å². The Morgan fingerprint density at radius 1 is 1.09 bits per heavy atom. The van der Waals surface area contributed by atoms with Crippen LogP contribution in [0.1, 0.15) is 52.7 Å². The molecule has 1 N–H and O–H groups in total. The maximum atomic E-state index is 13.6. The summed E-state index contributed by atoms with van der Waals surface area (Å²) in [6.45, 7) is 13.4. The van der Waals surface area contributed by atoms with Gasteiger partial charge in [0.1, 0.15) is 11.1 Å². The van der Waals surface area contributed by atoms with Crippen LogP contribution in [0, 0.1) is 5.92 Å². The van der Waals surface area contributed by atoms with E-state index in [0.29, 0.717) is 44.0 Å².